The van der Waals surface area contributed by atoms with Crippen LogP contribution < -0.4 is 5.32 Å². The molecule has 0 spiro atoms. The molecule has 2 unspecified atom stereocenters. The second kappa shape index (κ2) is 7.09. The molecule has 1 saturated carbocycles. The largest absolute Gasteiger partial charge is 0.311 e. The van der Waals surface area contributed by atoms with Gasteiger partial charge in [-0.05, 0) is 61.0 Å². The van der Waals surface area contributed by atoms with Crippen LogP contribution in [0.3, 0.4) is 0 Å². The summed E-state index contributed by atoms with van der Waals surface area (Å²) in [5.74, 6) is 2.26. The van der Waals surface area contributed by atoms with E-state index in [1.54, 1.807) is 0 Å². The molecule has 1 aromatic rings. The van der Waals surface area contributed by atoms with Gasteiger partial charge in [0.1, 0.15) is 0 Å². The first kappa shape index (κ1) is 15.3. The molecule has 0 bridgehead atoms. The summed E-state index contributed by atoms with van der Waals surface area (Å²) < 4.78 is 3.21. The van der Waals surface area contributed by atoms with E-state index in [1.165, 1.54) is 25.0 Å². The fourth-order valence-corrected chi connectivity index (χ4v) is 3.83. The predicted octanol–water partition coefficient (Wildman–Crippen LogP) is 3.72. The minimum atomic E-state index is 0.704. The van der Waals surface area contributed by atoms with Gasteiger partial charge in [0.05, 0.1) is 15.9 Å². The van der Waals surface area contributed by atoms with E-state index in [0.717, 1.165) is 41.6 Å². The van der Waals surface area contributed by atoms with Crippen molar-refractivity contribution in [3.05, 3.63) is 15.9 Å². The van der Waals surface area contributed by atoms with Gasteiger partial charge in [-0.3, -0.25) is 4.68 Å². The van der Waals surface area contributed by atoms with Crippen molar-refractivity contribution in [2.75, 3.05) is 12.4 Å². The lowest BCUT2D eigenvalue weighted by molar-refractivity contribution is 0.392. The molecule has 0 aliphatic heterocycles. The fraction of sp³-hybridized carbons (Fsp3) is 0.786. The quantitative estimate of drug-likeness (QED) is 0.794. The molecule has 1 heterocycles. The number of rotatable bonds is 6. The van der Waals surface area contributed by atoms with Gasteiger partial charge in [0.25, 0.3) is 0 Å². The molecule has 0 amide bonds. The number of nitrogens with one attached hydrogen (secondary N) is 1. The van der Waals surface area contributed by atoms with Gasteiger partial charge < -0.3 is 5.32 Å². The number of nitrogens with zero attached hydrogens (tertiary/aromatic N) is 2. The molecule has 2 atom stereocenters. The van der Waals surface area contributed by atoms with Crippen molar-refractivity contribution in [2.45, 2.75) is 46.2 Å². The van der Waals surface area contributed by atoms with Gasteiger partial charge in [0.2, 0.25) is 0 Å². The average Bonchev–Trinajstić information content (AvgIpc) is 2.97. The van der Waals surface area contributed by atoms with Crippen LogP contribution in [0.25, 0.3) is 0 Å². The topological polar surface area (TPSA) is 29.9 Å². The van der Waals surface area contributed by atoms with Crippen LogP contribution in [0.1, 0.15) is 37.6 Å². The number of hydrogen-bond acceptors (Lipinski definition) is 2. The van der Waals surface area contributed by atoms with Crippen molar-refractivity contribution in [1.82, 2.24) is 15.1 Å². The van der Waals surface area contributed by atoms with Crippen molar-refractivity contribution < 1.29 is 0 Å². The Kier molecular flexibility index (Phi) is 5.72. The van der Waals surface area contributed by atoms with Crippen LogP contribution in [0.2, 0.25) is 0 Å². The Balaban J connectivity index is 1.89. The molecule has 2 rings (SSSR count). The van der Waals surface area contributed by atoms with Gasteiger partial charge in [-0.25, -0.2) is 0 Å². The fourth-order valence-electron chi connectivity index (χ4n) is 3.00. The first-order valence-corrected chi connectivity index (χ1v) is 8.48. The summed E-state index contributed by atoms with van der Waals surface area (Å²) in [4.78, 5) is 0. The van der Waals surface area contributed by atoms with E-state index in [0.29, 0.717) is 5.92 Å². The second-order valence-electron chi connectivity index (χ2n) is 5.40. The van der Waals surface area contributed by atoms with Crippen LogP contribution in [-0.4, -0.2) is 22.2 Å². The molecule has 0 saturated heterocycles. The van der Waals surface area contributed by atoms with Crippen molar-refractivity contribution in [2.24, 2.45) is 11.8 Å². The first-order chi connectivity index (χ1) is 9.17. The molecule has 0 radical (unpaired) electrons. The Morgan fingerprint density at radius 3 is 2.84 bits per heavy atom. The molecule has 1 fully saturated rings. The van der Waals surface area contributed by atoms with E-state index in [9.17, 15) is 0 Å². The highest BCUT2D eigenvalue weighted by Gasteiger charge is 2.26. The third kappa shape index (κ3) is 3.53. The molecule has 3 nitrogen and oxygen atoms in total. The molecule has 1 N–H and O–H groups in total. The van der Waals surface area contributed by atoms with Gasteiger partial charge in [-0.1, -0.05) is 6.42 Å². The summed E-state index contributed by atoms with van der Waals surface area (Å²) in [5, 5.41) is 8.11. The van der Waals surface area contributed by atoms with Gasteiger partial charge in [-0.15, -0.1) is 11.6 Å². The minimum absolute atomic E-state index is 0.704. The Bertz CT molecular complexity index is 419. The highest BCUT2D eigenvalue weighted by atomic mass is 79.9. The average molecular weight is 349 g/mol. The van der Waals surface area contributed by atoms with Gasteiger partial charge in [-0.2, -0.15) is 5.10 Å². The molecule has 1 aromatic heterocycles. The molecular weight excluding hydrogens is 326 g/mol. The molecule has 19 heavy (non-hydrogen) atoms. The first-order valence-electron chi connectivity index (χ1n) is 7.15. The number of halogens is 2. The van der Waals surface area contributed by atoms with E-state index in [1.807, 2.05) is 6.92 Å². The normalized spacial score (nSPS) is 23.2. The maximum absolute atomic E-state index is 6.03. The van der Waals surface area contributed by atoms with Crippen LogP contribution in [0.15, 0.2) is 4.47 Å². The highest BCUT2D eigenvalue weighted by Crippen LogP contribution is 2.32. The monoisotopic (exact) mass is 347 g/mol. The van der Waals surface area contributed by atoms with Crippen LogP contribution in [0.5, 0.6) is 0 Å². The summed E-state index contributed by atoms with van der Waals surface area (Å²) in [5.41, 5.74) is 2.32. The van der Waals surface area contributed by atoms with E-state index in [-0.39, 0.29) is 0 Å². The molecule has 5 heteroatoms. The lowest BCUT2D eigenvalue weighted by Crippen LogP contribution is -2.26. The van der Waals surface area contributed by atoms with Crippen molar-refractivity contribution in [3.8, 4) is 0 Å². The number of alkyl halides is 1. The van der Waals surface area contributed by atoms with Gasteiger partial charge >= 0.3 is 0 Å². The number of hydrogen-bond donors (Lipinski definition) is 1. The predicted molar refractivity (Wildman–Crippen MR) is 83.6 cm³/mol. The zero-order chi connectivity index (χ0) is 13.8. The number of aromatic nitrogens is 2. The van der Waals surface area contributed by atoms with E-state index < -0.39 is 0 Å². The van der Waals surface area contributed by atoms with Crippen molar-refractivity contribution in [3.63, 3.8) is 0 Å². The number of aryl methyl sites for hydroxylation is 2. The van der Waals surface area contributed by atoms with Crippen LogP contribution in [-0.2, 0) is 13.1 Å². The van der Waals surface area contributed by atoms with Gasteiger partial charge in [0.15, 0.2) is 0 Å². The molecule has 0 aromatic carbocycles. The highest BCUT2D eigenvalue weighted by molar-refractivity contribution is 9.10. The van der Waals surface area contributed by atoms with E-state index in [2.05, 4.69) is 38.0 Å². The summed E-state index contributed by atoms with van der Waals surface area (Å²) in [6.07, 6.45) is 3.95. The maximum atomic E-state index is 6.03. The molecular formula is C14H23BrClN3. The summed E-state index contributed by atoms with van der Waals surface area (Å²) >= 11 is 9.66. The third-order valence-electron chi connectivity index (χ3n) is 4.17. The van der Waals surface area contributed by atoms with Crippen LogP contribution in [0, 0.1) is 18.8 Å². The Morgan fingerprint density at radius 2 is 2.16 bits per heavy atom. The Morgan fingerprint density at radius 1 is 1.42 bits per heavy atom. The standard InChI is InChI=1S/C14H23BrClN3/c1-3-19-13(14(15)10(2)18-19)9-17-8-12-6-4-5-11(12)7-16/h11-12,17H,3-9H2,1-2H3. The SMILES string of the molecule is CCn1nc(C)c(Br)c1CNCC1CCCC1CCl. The summed E-state index contributed by atoms with van der Waals surface area (Å²) in [6, 6.07) is 0. The third-order valence-corrected chi connectivity index (χ3v) is 5.59. The maximum Gasteiger partial charge on any atom is 0.0739 e. The second-order valence-corrected chi connectivity index (χ2v) is 6.50. The molecule has 1 aliphatic rings. The smallest absolute Gasteiger partial charge is 0.0739 e. The lowest BCUT2D eigenvalue weighted by Gasteiger charge is -2.18. The summed E-state index contributed by atoms with van der Waals surface area (Å²) in [7, 11) is 0. The lowest BCUT2D eigenvalue weighted by atomic mass is 9.98. The van der Waals surface area contributed by atoms with Crippen molar-refractivity contribution >= 4 is 27.5 Å². The van der Waals surface area contributed by atoms with E-state index in [4.69, 9.17) is 11.6 Å². The zero-order valence-corrected chi connectivity index (χ0v) is 14.1. The Hall–Kier alpha value is -0.0600. The molecule has 1 aliphatic carbocycles. The van der Waals surface area contributed by atoms with Crippen LogP contribution >= 0.6 is 27.5 Å². The van der Waals surface area contributed by atoms with Crippen LogP contribution in [0.4, 0.5) is 0 Å². The van der Waals surface area contributed by atoms with Crippen molar-refractivity contribution in [1.29, 1.82) is 0 Å². The zero-order valence-electron chi connectivity index (χ0n) is 11.8. The minimum Gasteiger partial charge on any atom is -0.311 e. The van der Waals surface area contributed by atoms with E-state index >= 15 is 0 Å². The summed E-state index contributed by atoms with van der Waals surface area (Å²) in [6.45, 7) is 7.03. The molecule has 108 valence electrons. The Labute approximate surface area is 129 Å². The van der Waals surface area contributed by atoms with Gasteiger partial charge in [0, 0.05) is 19.0 Å².